The van der Waals surface area contributed by atoms with Crippen LogP contribution in [0.1, 0.15) is 38.1 Å². The van der Waals surface area contributed by atoms with E-state index in [0.29, 0.717) is 11.3 Å². The molecule has 0 bridgehead atoms. The number of nitrogens with two attached hydrogens (primary N) is 1. The van der Waals surface area contributed by atoms with Gasteiger partial charge in [0.15, 0.2) is 6.10 Å². The first-order chi connectivity index (χ1) is 8.69. The summed E-state index contributed by atoms with van der Waals surface area (Å²) in [6, 6.07) is 6.34. The van der Waals surface area contributed by atoms with Crippen molar-refractivity contribution in [2.75, 3.05) is 5.73 Å². The first kappa shape index (κ1) is 15.0. The van der Waals surface area contributed by atoms with Gasteiger partial charge < -0.3 is 15.8 Å². The molecule has 1 unspecified atom stereocenters. The van der Waals surface area contributed by atoms with Crippen molar-refractivity contribution in [2.45, 2.75) is 39.3 Å². The molecule has 0 aromatic heterocycles. The zero-order chi connectivity index (χ0) is 14.6. The third-order valence-corrected chi connectivity index (χ3v) is 2.30. The number of benzene rings is 1. The predicted octanol–water partition coefficient (Wildman–Crippen LogP) is 1.73. The lowest BCUT2D eigenvalue weighted by molar-refractivity contribution is -0.130. The van der Waals surface area contributed by atoms with E-state index in [1.54, 1.807) is 24.3 Å². The minimum Gasteiger partial charge on any atom is -0.449 e. The Morgan fingerprint density at radius 3 is 2.21 bits per heavy atom. The van der Waals surface area contributed by atoms with Gasteiger partial charge in [-0.1, -0.05) is 0 Å². The quantitative estimate of drug-likeness (QED) is 0.643. The van der Waals surface area contributed by atoms with Crippen molar-refractivity contribution < 1.29 is 14.3 Å². The number of carbonyl (C=O) groups is 2. The van der Waals surface area contributed by atoms with Crippen molar-refractivity contribution in [3.05, 3.63) is 29.8 Å². The van der Waals surface area contributed by atoms with Crippen molar-refractivity contribution in [1.29, 1.82) is 0 Å². The molecular formula is C14H20N2O3. The van der Waals surface area contributed by atoms with Crippen LogP contribution in [0.4, 0.5) is 5.69 Å². The number of ether oxygens (including phenoxy) is 1. The van der Waals surface area contributed by atoms with Crippen LogP contribution < -0.4 is 11.1 Å². The van der Waals surface area contributed by atoms with E-state index in [9.17, 15) is 9.59 Å². The van der Waals surface area contributed by atoms with Gasteiger partial charge in [-0.3, -0.25) is 4.79 Å². The molecule has 1 aromatic carbocycles. The van der Waals surface area contributed by atoms with Gasteiger partial charge in [0.25, 0.3) is 5.91 Å². The first-order valence-corrected chi connectivity index (χ1v) is 6.07. The second-order valence-electron chi connectivity index (χ2n) is 5.41. The number of hydrogen-bond acceptors (Lipinski definition) is 4. The molecule has 0 radical (unpaired) electrons. The van der Waals surface area contributed by atoms with Gasteiger partial charge in [-0.25, -0.2) is 4.79 Å². The zero-order valence-electron chi connectivity index (χ0n) is 11.7. The highest BCUT2D eigenvalue weighted by atomic mass is 16.5. The predicted molar refractivity (Wildman–Crippen MR) is 73.6 cm³/mol. The molecule has 0 fully saturated rings. The largest absolute Gasteiger partial charge is 0.449 e. The Kier molecular flexibility index (Phi) is 4.53. The maximum Gasteiger partial charge on any atom is 0.338 e. The van der Waals surface area contributed by atoms with Crippen molar-refractivity contribution in [3.63, 3.8) is 0 Å². The van der Waals surface area contributed by atoms with Gasteiger partial charge in [-0.15, -0.1) is 0 Å². The summed E-state index contributed by atoms with van der Waals surface area (Å²) in [5.41, 5.74) is 6.10. The Balaban J connectivity index is 2.61. The Morgan fingerprint density at radius 2 is 1.74 bits per heavy atom. The van der Waals surface area contributed by atoms with Crippen molar-refractivity contribution in [1.82, 2.24) is 5.32 Å². The fourth-order valence-electron chi connectivity index (χ4n) is 1.37. The summed E-state index contributed by atoms with van der Waals surface area (Å²) in [5, 5.41) is 2.75. The average molecular weight is 264 g/mol. The fourth-order valence-corrected chi connectivity index (χ4v) is 1.37. The molecule has 0 saturated carbocycles. The molecule has 0 spiro atoms. The van der Waals surface area contributed by atoms with Gasteiger partial charge in [0, 0.05) is 11.2 Å². The normalized spacial score (nSPS) is 12.6. The SMILES string of the molecule is CC(OC(=O)c1ccc(N)cc1)C(=O)NC(C)(C)C. The summed E-state index contributed by atoms with van der Waals surface area (Å²) in [6.07, 6.45) is -0.843. The number of amides is 1. The number of nitrogen functional groups attached to an aromatic ring is 1. The van der Waals surface area contributed by atoms with E-state index >= 15 is 0 Å². The summed E-state index contributed by atoms with van der Waals surface area (Å²) in [6.45, 7) is 7.12. The van der Waals surface area contributed by atoms with E-state index in [4.69, 9.17) is 10.5 Å². The lowest BCUT2D eigenvalue weighted by Crippen LogP contribution is -2.46. The molecule has 5 heteroatoms. The van der Waals surface area contributed by atoms with Gasteiger partial charge in [-0.05, 0) is 52.0 Å². The van der Waals surface area contributed by atoms with E-state index in [1.165, 1.54) is 6.92 Å². The van der Waals surface area contributed by atoms with Gasteiger partial charge in [0.1, 0.15) is 0 Å². The van der Waals surface area contributed by atoms with Crippen LogP contribution in [0, 0.1) is 0 Å². The summed E-state index contributed by atoms with van der Waals surface area (Å²) >= 11 is 0. The van der Waals surface area contributed by atoms with Crippen LogP contribution in [0.25, 0.3) is 0 Å². The molecule has 1 amide bonds. The number of rotatable bonds is 3. The molecule has 0 heterocycles. The first-order valence-electron chi connectivity index (χ1n) is 6.07. The minimum absolute atomic E-state index is 0.323. The monoisotopic (exact) mass is 264 g/mol. The van der Waals surface area contributed by atoms with E-state index in [-0.39, 0.29) is 11.4 Å². The maximum atomic E-state index is 11.8. The van der Waals surface area contributed by atoms with Gasteiger partial charge >= 0.3 is 5.97 Å². The highest BCUT2D eigenvalue weighted by molar-refractivity contribution is 5.92. The Labute approximate surface area is 113 Å². The van der Waals surface area contributed by atoms with E-state index in [0.717, 1.165) is 0 Å². The third kappa shape index (κ3) is 4.99. The van der Waals surface area contributed by atoms with Gasteiger partial charge in [0.05, 0.1) is 5.56 Å². The van der Waals surface area contributed by atoms with Crippen LogP contribution in [-0.2, 0) is 9.53 Å². The van der Waals surface area contributed by atoms with Crippen LogP contribution in [0.5, 0.6) is 0 Å². The van der Waals surface area contributed by atoms with Crippen LogP contribution in [0.2, 0.25) is 0 Å². The van der Waals surface area contributed by atoms with E-state index < -0.39 is 12.1 Å². The number of hydrogen-bond donors (Lipinski definition) is 2. The summed E-state index contributed by atoms with van der Waals surface area (Å²) in [5.74, 6) is -0.868. The molecule has 0 aliphatic carbocycles. The summed E-state index contributed by atoms with van der Waals surface area (Å²) < 4.78 is 5.09. The molecule has 1 rings (SSSR count). The lowest BCUT2D eigenvalue weighted by atomic mass is 10.1. The number of anilines is 1. The standard InChI is InChI=1S/C14H20N2O3/c1-9(12(17)16-14(2,3)4)19-13(18)10-5-7-11(15)8-6-10/h5-9H,15H2,1-4H3,(H,16,17). The second kappa shape index (κ2) is 5.73. The number of carbonyl (C=O) groups excluding carboxylic acids is 2. The van der Waals surface area contributed by atoms with E-state index in [1.807, 2.05) is 20.8 Å². The fraction of sp³-hybridized carbons (Fsp3) is 0.429. The van der Waals surface area contributed by atoms with Crippen LogP contribution in [-0.4, -0.2) is 23.5 Å². The molecule has 104 valence electrons. The molecule has 1 aromatic rings. The molecule has 19 heavy (non-hydrogen) atoms. The van der Waals surface area contributed by atoms with Gasteiger partial charge in [0.2, 0.25) is 0 Å². The van der Waals surface area contributed by atoms with Gasteiger partial charge in [-0.2, -0.15) is 0 Å². The highest BCUT2D eigenvalue weighted by Crippen LogP contribution is 2.09. The zero-order valence-corrected chi connectivity index (χ0v) is 11.7. The lowest BCUT2D eigenvalue weighted by Gasteiger charge is -2.23. The smallest absolute Gasteiger partial charge is 0.338 e. The van der Waals surface area contributed by atoms with Crippen molar-refractivity contribution >= 4 is 17.6 Å². The van der Waals surface area contributed by atoms with E-state index in [2.05, 4.69) is 5.32 Å². The molecule has 1 atom stereocenters. The minimum atomic E-state index is -0.843. The molecule has 0 saturated heterocycles. The van der Waals surface area contributed by atoms with Crippen LogP contribution in [0.3, 0.4) is 0 Å². The Morgan fingerprint density at radius 1 is 1.21 bits per heavy atom. The molecule has 3 N–H and O–H groups in total. The Bertz CT molecular complexity index is 461. The maximum absolute atomic E-state index is 11.8. The van der Waals surface area contributed by atoms with Crippen LogP contribution in [0.15, 0.2) is 24.3 Å². The molecule has 0 aliphatic heterocycles. The molecule has 5 nitrogen and oxygen atoms in total. The van der Waals surface area contributed by atoms with Crippen molar-refractivity contribution in [2.24, 2.45) is 0 Å². The Hall–Kier alpha value is -2.04. The molecular weight excluding hydrogens is 244 g/mol. The topological polar surface area (TPSA) is 81.4 Å². The third-order valence-electron chi connectivity index (χ3n) is 2.30. The van der Waals surface area contributed by atoms with Crippen molar-refractivity contribution in [3.8, 4) is 0 Å². The second-order valence-corrected chi connectivity index (χ2v) is 5.41. The summed E-state index contributed by atoms with van der Waals surface area (Å²) in [4.78, 5) is 23.6. The average Bonchev–Trinajstić information content (AvgIpc) is 2.27. The number of esters is 1. The molecule has 0 aliphatic rings. The summed E-state index contributed by atoms with van der Waals surface area (Å²) in [7, 11) is 0. The highest BCUT2D eigenvalue weighted by Gasteiger charge is 2.22. The number of nitrogens with one attached hydrogen (secondary N) is 1. The van der Waals surface area contributed by atoms with Crippen LogP contribution >= 0.6 is 0 Å².